The first kappa shape index (κ1) is 15.4. The molecule has 1 aromatic carbocycles. The molecule has 1 aromatic heterocycles. The molecule has 5 rings (SSSR count). The van der Waals surface area contributed by atoms with Gasteiger partial charge in [0, 0.05) is 41.5 Å². The largest absolute Gasteiger partial charge is 0.478 e. The van der Waals surface area contributed by atoms with E-state index in [2.05, 4.69) is 48.1 Å². The summed E-state index contributed by atoms with van der Waals surface area (Å²) in [6.45, 7) is 7.45. The molecule has 2 aliphatic heterocycles. The van der Waals surface area contributed by atoms with Gasteiger partial charge >= 0.3 is 0 Å². The highest BCUT2D eigenvalue weighted by Crippen LogP contribution is 2.45. The van der Waals surface area contributed by atoms with Crippen LogP contribution < -0.4 is 0 Å². The van der Waals surface area contributed by atoms with Crippen LogP contribution in [-0.4, -0.2) is 47.6 Å². The summed E-state index contributed by atoms with van der Waals surface area (Å²) >= 11 is 0. The second-order valence-electron chi connectivity index (χ2n) is 8.02. The van der Waals surface area contributed by atoms with Gasteiger partial charge in [0.15, 0.2) is 5.90 Å². The third-order valence-corrected chi connectivity index (χ3v) is 6.26. The average Bonchev–Trinajstić information content (AvgIpc) is 3.23. The van der Waals surface area contributed by atoms with Crippen LogP contribution in [0.25, 0.3) is 10.9 Å². The molecule has 3 aliphatic rings. The molecule has 1 saturated heterocycles. The van der Waals surface area contributed by atoms with E-state index in [-0.39, 0.29) is 0 Å². The van der Waals surface area contributed by atoms with E-state index in [1.54, 1.807) is 0 Å². The smallest absolute Gasteiger partial charge is 0.188 e. The molecule has 0 amide bonds. The zero-order valence-corrected chi connectivity index (χ0v) is 15.2. The van der Waals surface area contributed by atoms with Gasteiger partial charge < -0.3 is 9.72 Å². The van der Waals surface area contributed by atoms with Gasteiger partial charge in [-0.05, 0) is 49.9 Å². The van der Waals surface area contributed by atoms with E-state index in [1.807, 2.05) is 0 Å². The quantitative estimate of drug-likeness (QED) is 0.927. The second-order valence-corrected chi connectivity index (χ2v) is 8.02. The van der Waals surface area contributed by atoms with Crippen molar-refractivity contribution in [2.75, 3.05) is 19.7 Å². The van der Waals surface area contributed by atoms with Gasteiger partial charge in [0.1, 0.15) is 6.61 Å². The number of aromatic amines is 1. The van der Waals surface area contributed by atoms with Crippen molar-refractivity contribution in [3.8, 4) is 0 Å². The van der Waals surface area contributed by atoms with Crippen LogP contribution in [0.2, 0.25) is 0 Å². The topological polar surface area (TPSA) is 40.6 Å². The van der Waals surface area contributed by atoms with Crippen molar-refractivity contribution < 1.29 is 4.74 Å². The molecule has 1 aliphatic carbocycles. The number of fused-ring (bicyclic) bond motifs is 2. The molecule has 132 valence electrons. The predicted molar refractivity (Wildman–Crippen MR) is 101 cm³/mol. The summed E-state index contributed by atoms with van der Waals surface area (Å²) in [5.74, 6) is 2.03. The van der Waals surface area contributed by atoms with E-state index >= 15 is 0 Å². The highest BCUT2D eigenvalue weighted by molar-refractivity contribution is 5.88. The standard InChI is InChI=1S/C21H27N3O/c1-3-7-24-11-15(21-23-13(2)12-25-21)8-17-16-5-4-6-18-20(16)14(10-22-18)9-19(17)24/h4-6,10,13,15,17,19,22H,3,7-9,11-12H2,1-2H3/t13-,15?,17-,19-/m1/s1. The van der Waals surface area contributed by atoms with Crippen LogP contribution in [-0.2, 0) is 11.2 Å². The molecular formula is C21H27N3O. The molecule has 0 bridgehead atoms. The summed E-state index contributed by atoms with van der Waals surface area (Å²) < 4.78 is 5.96. The lowest BCUT2D eigenvalue weighted by molar-refractivity contribution is 0.0978. The zero-order chi connectivity index (χ0) is 17.0. The number of nitrogens with one attached hydrogen (secondary N) is 1. The molecule has 1 fully saturated rings. The van der Waals surface area contributed by atoms with Crippen molar-refractivity contribution in [2.24, 2.45) is 10.9 Å². The minimum Gasteiger partial charge on any atom is -0.478 e. The van der Waals surface area contributed by atoms with Crippen LogP contribution in [0.1, 0.15) is 43.7 Å². The van der Waals surface area contributed by atoms with Gasteiger partial charge in [0.2, 0.25) is 0 Å². The Morgan fingerprint density at radius 3 is 3.08 bits per heavy atom. The Morgan fingerprint density at radius 2 is 2.28 bits per heavy atom. The molecular weight excluding hydrogens is 310 g/mol. The molecule has 3 heterocycles. The zero-order valence-electron chi connectivity index (χ0n) is 15.2. The van der Waals surface area contributed by atoms with Crippen LogP contribution in [0, 0.1) is 5.92 Å². The van der Waals surface area contributed by atoms with Gasteiger partial charge in [0.25, 0.3) is 0 Å². The predicted octanol–water partition coefficient (Wildman–Crippen LogP) is 3.73. The summed E-state index contributed by atoms with van der Waals surface area (Å²) in [5, 5.41) is 1.48. The number of benzene rings is 1. The number of likely N-dealkylation sites (tertiary alicyclic amines) is 1. The van der Waals surface area contributed by atoms with Gasteiger partial charge in [-0.15, -0.1) is 0 Å². The van der Waals surface area contributed by atoms with Gasteiger partial charge in [-0.3, -0.25) is 4.90 Å². The highest BCUT2D eigenvalue weighted by Gasteiger charge is 2.42. The average molecular weight is 337 g/mol. The van der Waals surface area contributed by atoms with Crippen LogP contribution in [0.3, 0.4) is 0 Å². The van der Waals surface area contributed by atoms with Gasteiger partial charge in [-0.1, -0.05) is 19.1 Å². The number of hydrogen-bond acceptors (Lipinski definition) is 3. The number of aliphatic imine (C=N–C) groups is 1. The summed E-state index contributed by atoms with van der Waals surface area (Å²) in [5.41, 5.74) is 4.31. The normalized spacial score (nSPS) is 31.7. The Labute approximate surface area is 149 Å². The third kappa shape index (κ3) is 2.42. The van der Waals surface area contributed by atoms with Crippen molar-refractivity contribution in [3.63, 3.8) is 0 Å². The van der Waals surface area contributed by atoms with Gasteiger partial charge in [-0.25, -0.2) is 4.99 Å². The molecule has 4 atom stereocenters. The molecule has 0 radical (unpaired) electrons. The Hall–Kier alpha value is -1.81. The lowest BCUT2D eigenvalue weighted by atomic mass is 9.72. The highest BCUT2D eigenvalue weighted by atomic mass is 16.5. The minimum atomic E-state index is 0.318. The number of nitrogens with zero attached hydrogens (tertiary/aromatic N) is 2. The molecule has 0 spiro atoms. The number of ether oxygens (including phenoxy) is 1. The lowest BCUT2D eigenvalue weighted by Crippen LogP contribution is -2.51. The summed E-state index contributed by atoms with van der Waals surface area (Å²) in [6.07, 6.45) is 5.76. The van der Waals surface area contributed by atoms with Gasteiger partial charge in [0.05, 0.1) is 6.04 Å². The fourth-order valence-corrected chi connectivity index (χ4v) is 5.24. The first-order valence-corrected chi connectivity index (χ1v) is 9.78. The summed E-state index contributed by atoms with van der Waals surface area (Å²) in [4.78, 5) is 11.0. The van der Waals surface area contributed by atoms with Crippen LogP contribution in [0.5, 0.6) is 0 Å². The van der Waals surface area contributed by atoms with E-state index < -0.39 is 0 Å². The Morgan fingerprint density at radius 1 is 1.36 bits per heavy atom. The summed E-state index contributed by atoms with van der Waals surface area (Å²) in [7, 11) is 0. The summed E-state index contributed by atoms with van der Waals surface area (Å²) in [6, 6.07) is 7.70. The number of rotatable bonds is 3. The molecule has 25 heavy (non-hydrogen) atoms. The van der Waals surface area contributed by atoms with E-state index in [1.165, 1.54) is 34.9 Å². The first-order valence-electron chi connectivity index (χ1n) is 9.78. The lowest BCUT2D eigenvalue weighted by Gasteiger charge is -2.46. The SMILES string of the molecule is CCCN1CC(C2=N[C@H](C)CO2)C[C@@H]2c3cccc4[nH]cc(c34)C[C@H]21. The monoisotopic (exact) mass is 337 g/mol. The van der Waals surface area contributed by atoms with Crippen molar-refractivity contribution in [1.82, 2.24) is 9.88 Å². The molecule has 4 nitrogen and oxygen atoms in total. The molecule has 1 N–H and O–H groups in total. The van der Waals surface area contributed by atoms with Crippen LogP contribution in [0.15, 0.2) is 29.4 Å². The van der Waals surface area contributed by atoms with Crippen molar-refractivity contribution in [3.05, 3.63) is 35.5 Å². The molecule has 4 heteroatoms. The Bertz CT molecular complexity index is 824. The first-order chi connectivity index (χ1) is 12.2. The van der Waals surface area contributed by atoms with Crippen molar-refractivity contribution in [2.45, 2.75) is 51.1 Å². The fourth-order valence-electron chi connectivity index (χ4n) is 5.24. The van der Waals surface area contributed by atoms with E-state index in [9.17, 15) is 0 Å². The number of hydrogen-bond donors (Lipinski definition) is 1. The van der Waals surface area contributed by atoms with Crippen molar-refractivity contribution in [1.29, 1.82) is 0 Å². The Balaban J connectivity index is 1.55. The second kappa shape index (κ2) is 5.87. The Kier molecular flexibility index (Phi) is 3.63. The third-order valence-electron chi connectivity index (χ3n) is 6.26. The molecule has 0 saturated carbocycles. The maximum absolute atomic E-state index is 5.96. The molecule has 1 unspecified atom stereocenters. The maximum atomic E-state index is 5.96. The fraction of sp³-hybridized carbons (Fsp3) is 0.571. The maximum Gasteiger partial charge on any atom is 0.188 e. The minimum absolute atomic E-state index is 0.318. The number of piperidine rings is 1. The van der Waals surface area contributed by atoms with Crippen LogP contribution >= 0.6 is 0 Å². The number of aromatic nitrogens is 1. The van der Waals surface area contributed by atoms with Gasteiger partial charge in [-0.2, -0.15) is 0 Å². The van der Waals surface area contributed by atoms with E-state index in [0.717, 1.165) is 32.0 Å². The van der Waals surface area contributed by atoms with E-state index in [0.29, 0.717) is 23.9 Å². The number of H-pyrrole nitrogens is 1. The van der Waals surface area contributed by atoms with Crippen LogP contribution in [0.4, 0.5) is 0 Å². The molecule has 2 aromatic rings. The van der Waals surface area contributed by atoms with Crippen molar-refractivity contribution >= 4 is 16.8 Å². The van der Waals surface area contributed by atoms with E-state index in [4.69, 9.17) is 9.73 Å².